The average molecular weight is 412 g/mol. The minimum Gasteiger partial charge on any atom is -0.494 e. The molecule has 0 bridgehead atoms. The number of rotatable bonds is 5. The van der Waals surface area contributed by atoms with Gasteiger partial charge in [0.15, 0.2) is 0 Å². The number of nitrogens with two attached hydrogens (primary N) is 1. The van der Waals surface area contributed by atoms with E-state index in [-0.39, 0.29) is 5.88 Å². The summed E-state index contributed by atoms with van der Waals surface area (Å²) in [5.74, 6) is 0.585. The predicted molar refractivity (Wildman–Crippen MR) is 115 cm³/mol. The van der Waals surface area contributed by atoms with Crippen LogP contribution in [0, 0.1) is 11.3 Å². The van der Waals surface area contributed by atoms with E-state index in [1.165, 1.54) is 0 Å². The van der Waals surface area contributed by atoms with Crippen molar-refractivity contribution in [2.24, 2.45) is 5.73 Å². The van der Waals surface area contributed by atoms with Crippen LogP contribution in [0.5, 0.6) is 17.2 Å². The van der Waals surface area contributed by atoms with Gasteiger partial charge in [-0.05, 0) is 42.8 Å². The van der Waals surface area contributed by atoms with E-state index in [0.29, 0.717) is 35.0 Å². The van der Waals surface area contributed by atoms with Gasteiger partial charge in [0, 0.05) is 11.6 Å². The number of nitrogens with zero attached hydrogens (tertiary/aromatic N) is 1. The lowest BCUT2D eigenvalue weighted by Crippen LogP contribution is -2.21. The number of carbonyl (C=O) groups excluding carboxylic acids is 1. The lowest BCUT2D eigenvalue weighted by atomic mass is 9.83. The highest BCUT2D eigenvalue weighted by Gasteiger charge is 2.31. The smallest absolute Gasteiger partial charge is 0.343 e. The third-order valence-corrected chi connectivity index (χ3v) is 4.91. The topological polar surface area (TPSA) is 94.6 Å². The number of fused-ring (bicyclic) bond motifs is 1. The van der Waals surface area contributed by atoms with Gasteiger partial charge < -0.3 is 19.9 Å². The molecule has 4 rings (SSSR count). The fourth-order valence-electron chi connectivity index (χ4n) is 3.53. The highest BCUT2D eigenvalue weighted by Crippen LogP contribution is 2.44. The maximum absolute atomic E-state index is 12.4. The molecule has 0 amide bonds. The zero-order valence-corrected chi connectivity index (χ0v) is 16.9. The SMILES string of the molecule is CCOc1cccc(C2C(C#N)=C(N)Oc3cc(OC(=O)c4ccccc4)ccc32)c1. The lowest BCUT2D eigenvalue weighted by molar-refractivity contribution is 0.0734. The van der Waals surface area contributed by atoms with Crippen molar-refractivity contribution in [3.63, 3.8) is 0 Å². The Labute approximate surface area is 180 Å². The number of ether oxygens (including phenoxy) is 3. The van der Waals surface area contributed by atoms with E-state index < -0.39 is 11.9 Å². The van der Waals surface area contributed by atoms with Crippen molar-refractivity contribution >= 4 is 5.97 Å². The second kappa shape index (κ2) is 8.64. The number of benzene rings is 3. The van der Waals surface area contributed by atoms with Gasteiger partial charge in [0.1, 0.15) is 28.9 Å². The molecule has 1 aliphatic rings. The number of hydrogen-bond donors (Lipinski definition) is 1. The van der Waals surface area contributed by atoms with Crippen molar-refractivity contribution in [3.05, 3.63) is 101 Å². The zero-order chi connectivity index (χ0) is 21.8. The molecule has 154 valence electrons. The molecular formula is C25H20N2O4. The third kappa shape index (κ3) is 4.07. The fourth-order valence-corrected chi connectivity index (χ4v) is 3.53. The quantitative estimate of drug-likeness (QED) is 0.489. The molecule has 0 aromatic heterocycles. The molecule has 0 saturated carbocycles. The number of allylic oxidation sites excluding steroid dienone is 1. The van der Waals surface area contributed by atoms with Crippen LogP contribution in [0.1, 0.15) is 34.3 Å². The van der Waals surface area contributed by atoms with Crippen LogP contribution in [-0.4, -0.2) is 12.6 Å². The number of carbonyl (C=O) groups is 1. The van der Waals surface area contributed by atoms with Crippen LogP contribution < -0.4 is 19.9 Å². The minimum absolute atomic E-state index is 0.0216. The molecule has 3 aromatic carbocycles. The first-order chi connectivity index (χ1) is 15.1. The number of esters is 1. The van der Waals surface area contributed by atoms with E-state index in [1.54, 1.807) is 42.5 Å². The molecule has 0 radical (unpaired) electrons. The molecule has 0 aliphatic carbocycles. The van der Waals surface area contributed by atoms with Gasteiger partial charge in [0.25, 0.3) is 0 Å². The van der Waals surface area contributed by atoms with E-state index in [1.807, 2.05) is 37.3 Å². The molecular weight excluding hydrogens is 392 g/mol. The van der Waals surface area contributed by atoms with Crippen molar-refractivity contribution in [2.45, 2.75) is 12.8 Å². The van der Waals surface area contributed by atoms with E-state index in [9.17, 15) is 10.1 Å². The molecule has 0 saturated heterocycles. The Kier molecular flexibility index (Phi) is 5.59. The Morgan fingerprint density at radius 3 is 2.61 bits per heavy atom. The van der Waals surface area contributed by atoms with Crippen LogP contribution in [0.15, 0.2) is 84.3 Å². The van der Waals surface area contributed by atoms with Gasteiger partial charge in [-0.15, -0.1) is 0 Å². The van der Waals surface area contributed by atoms with Crippen molar-refractivity contribution in [3.8, 4) is 23.3 Å². The van der Waals surface area contributed by atoms with E-state index >= 15 is 0 Å². The summed E-state index contributed by atoms with van der Waals surface area (Å²) in [6.07, 6.45) is 0. The molecule has 2 N–H and O–H groups in total. The summed E-state index contributed by atoms with van der Waals surface area (Å²) >= 11 is 0. The van der Waals surface area contributed by atoms with Gasteiger partial charge in [-0.3, -0.25) is 0 Å². The maximum Gasteiger partial charge on any atom is 0.343 e. The van der Waals surface area contributed by atoms with Crippen LogP contribution in [0.4, 0.5) is 0 Å². The van der Waals surface area contributed by atoms with Gasteiger partial charge in [-0.2, -0.15) is 5.26 Å². The Bertz CT molecular complexity index is 1200. The van der Waals surface area contributed by atoms with Crippen molar-refractivity contribution in [2.75, 3.05) is 6.61 Å². The number of hydrogen-bond acceptors (Lipinski definition) is 6. The summed E-state index contributed by atoms with van der Waals surface area (Å²) in [5.41, 5.74) is 8.42. The first kappa shape index (κ1) is 20.0. The summed E-state index contributed by atoms with van der Waals surface area (Å²) in [6.45, 7) is 2.44. The average Bonchev–Trinajstić information content (AvgIpc) is 2.79. The molecule has 0 fully saturated rings. The van der Waals surface area contributed by atoms with Crippen molar-refractivity contribution < 1.29 is 19.0 Å². The summed E-state index contributed by atoms with van der Waals surface area (Å²) in [4.78, 5) is 12.4. The van der Waals surface area contributed by atoms with Crippen molar-refractivity contribution in [1.82, 2.24) is 0 Å². The molecule has 6 heteroatoms. The molecule has 1 unspecified atom stereocenters. The van der Waals surface area contributed by atoms with Crippen LogP contribution >= 0.6 is 0 Å². The van der Waals surface area contributed by atoms with Crippen LogP contribution in [-0.2, 0) is 0 Å². The first-order valence-electron chi connectivity index (χ1n) is 9.82. The standard InChI is InChI=1S/C25H20N2O4/c1-2-29-18-10-6-9-17(13-18)23-20-12-11-19(14-22(20)31-24(27)21(23)15-26)30-25(28)16-7-4-3-5-8-16/h3-14,23H,2,27H2,1H3. The normalized spacial score (nSPS) is 14.8. The summed E-state index contributed by atoms with van der Waals surface area (Å²) < 4.78 is 16.8. The molecule has 1 atom stereocenters. The third-order valence-electron chi connectivity index (χ3n) is 4.91. The summed E-state index contributed by atoms with van der Waals surface area (Å²) in [7, 11) is 0. The van der Waals surface area contributed by atoms with Crippen LogP contribution in [0.25, 0.3) is 0 Å². The molecule has 6 nitrogen and oxygen atoms in total. The Morgan fingerprint density at radius 1 is 1.06 bits per heavy atom. The Hall–Kier alpha value is -4.24. The monoisotopic (exact) mass is 412 g/mol. The number of nitriles is 1. The van der Waals surface area contributed by atoms with Gasteiger partial charge in [0.05, 0.1) is 18.1 Å². The maximum atomic E-state index is 12.4. The highest BCUT2D eigenvalue weighted by atomic mass is 16.5. The fraction of sp³-hybridized carbons (Fsp3) is 0.120. The lowest BCUT2D eigenvalue weighted by Gasteiger charge is -2.27. The molecule has 1 aliphatic heterocycles. The van der Waals surface area contributed by atoms with Gasteiger partial charge in [-0.1, -0.05) is 36.4 Å². The Morgan fingerprint density at radius 2 is 1.87 bits per heavy atom. The van der Waals surface area contributed by atoms with Crippen LogP contribution in [0.3, 0.4) is 0 Å². The van der Waals surface area contributed by atoms with Gasteiger partial charge >= 0.3 is 5.97 Å². The first-order valence-corrected chi connectivity index (χ1v) is 9.82. The molecule has 3 aromatic rings. The van der Waals surface area contributed by atoms with E-state index in [2.05, 4.69) is 6.07 Å². The second-order valence-electron chi connectivity index (χ2n) is 6.89. The van der Waals surface area contributed by atoms with Crippen LogP contribution in [0.2, 0.25) is 0 Å². The van der Waals surface area contributed by atoms with E-state index in [4.69, 9.17) is 19.9 Å². The zero-order valence-electron chi connectivity index (χ0n) is 16.9. The molecule has 1 heterocycles. The second-order valence-corrected chi connectivity index (χ2v) is 6.89. The summed E-state index contributed by atoms with van der Waals surface area (Å²) in [6, 6.07) is 23.5. The minimum atomic E-state index is -0.474. The highest BCUT2D eigenvalue weighted by molar-refractivity contribution is 5.91. The van der Waals surface area contributed by atoms with Crippen molar-refractivity contribution in [1.29, 1.82) is 5.26 Å². The van der Waals surface area contributed by atoms with Gasteiger partial charge in [-0.25, -0.2) is 4.79 Å². The summed E-state index contributed by atoms with van der Waals surface area (Å²) in [5, 5.41) is 9.72. The molecule has 0 spiro atoms. The molecule has 31 heavy (non-hydrogen) atoms. The largest absolute Gasteiger partial charge is 0.494 e. The van der Waals surface area contributed by atoms with E-state index in [0.717, 1.165) is 11.1 Å². The predicted octanol–water partition coefficient (Wildman–Crippen LogP) is 4.52. The Balaban J connectivity index is 1.70. The van der Waals surface area contributed by atoms with Gasteiger partial charge in [0.2, 0.25) is 5.88 Å².